The Labute approximate surface area is 129 Å². The van der Waals surface area contributed by atoms with E-state index in [-0.39, 0.29) is 32.2 Å². The van der Waals surface area contributed by atoms with E-state index in [0.717, 1.165) is 0 Å². The van der Waals surface area contributed by atoms with Crippen molar-refractivity contribution in [3.63, 3.8) is 0 Å². The van der Waals surface area contributed by atoms with E-state index < -0.39 is 11.7 Å². The lowest BCUT2D eigenvalue weighted by atomic mass is 10.2. The number of carbonyl (C=O) groups is 1. The molecule has 2 aromatic rings. The molecule has 6 nitrogen and oxygen atoms in total. The van der Waals surface area contributed by atoms with Crippen LogP contribution >= 0.6 is 23.2 Å². The highest BCUT2D eigenvalue weighted by Crippen LogP contribution is 2.28. The van der Waals surface area contributed by atoms with Crippen LogP contribution in [0.5, 0.6) is 5.75 Å². The van der Waals surface area contributed by atoms with Crippen LogP contribution in [-0.2, 0) is 0 Å². The number of hydrogen-bond donors (Lipinski definition) is 3. The molecule has 0 radical (unpaired) electrons. The predicted octanol–water partition coefficient (Wildman–Crippen LogP) is 2.90. The van der Waals surface area contributed by atoms with Crippen LogP contribution in [0.2, 0.25) is 10.0 Å². The minimum atomic E-state index is -0.665. The molecule has 110 valence electrons. The lowest BCUT2D eigenvalue weighted by Crippen LogP contribution is -2.15. The van der Waals surface area contributed by atoms with Gasteiger partial charge in [-0.3, -0.25) is 15.2 Å². The molecule has 0 aromatic heterocycles. The molecule has 21 heavy (non-hydrogen) atoms. The van der Waals surface area contributed by atoms with E-state index in [1.54, 1.807) is 0 Å². The van der Waals surface area contributed by atoms with Gasteiger partial charge in [0.25, 0.3) is 5.91 Å². The number of nitrogens with zero attached hydrogens (tertiary/aromatic N) is 1. The normalized spacial score (nSPS) is 10.3. The van der Waals surface area contributed by atoms with Gasteiger partial charge in [0.15, 0.2) is 0 Å². The zero-order valence-electron chi connectivity index (χ0n) is 10.4. The van der Waals surface area contributed by atoms with Gasteiger partial charge < -0.3 is 10.4 Å². The Bertz CT molecular complexity index is 692. The maximum Gasteiger partial charge on any atom is 0.255 e. The van der Waals surface area contributed by atoms with Crippen molar-refractivity contribution in [1.82, 2.24) is 0 Å². The van der Waals surface area contributed by atoms with Gasteiger partial charge in [0, 0.05) is 10.6 Å². The standard InChI is InChI=1S/C13H10Cl2N2O4/c14-7-1-4-12(18)9(5-7)13(19)16-11-3-2-8(17(20)21)6-10(11)15/h1-6,18,20-21H,(H,16,19)/p-1. The summed E-state index contributed by atoms with van der Waals surface area (Å²) in [5.74, 6) is -1.14. The maximum absolute atomic E-state index is 12.0. The molecule has 0 saturated carbocycles. The summed E-state index contributed by atoms with van der Waals surface area (Å²) < 4.78 is 0. The van der Waals surface area contributed by atoms with Crippen LogP contribution in [0, 0.1) is 0 Å². The minimum Gasteiger partial charge on any atom is -0.872 e. The number of anilines is 2. The summed E-state index contributed by atoms with van der Waals surface area (Å²) in [5.41, 5.74) is 0.116. The molecular weight excluding hydrogens is 319 g/mol. The number of rotatable bonds is 3. The first-order valence-electron chi connectivity index (χ1n) is 5.64. The van der Waals surface area contributed by atoms with E-state index >= 15 is 0 Å². The number of hydrogen-bond acceptors (Lipinski definition) is 5. The number of carbonyl (C=O) groups excluding carboxylic acids is 1. The molecule has 2 aromatic carbocycles. The van der Waals surface area contributed by atoms with Gasteiger partial charge in [-0.2, -0.15) is 0 Å². The lowest BCUT2D eigenvalue weighted by molar-refractivity contribution is -0.268. The summed E-state index contributed by atoms with van der Waals surface area (Å²) in [5, 5.41) is 32.0. The van der Waals surface area contributed by atoms with E-state index in [4.69, 9.17) is 33.6 Å². The molecule has 1 amide bonds. The van der Waals surface area contributed by atoms with Gasteiger partial charge in [-0.25, -0.2) is 0 Å². The molecule has 0 unspecified atom stereocenters. The number of nitrogens with one attached hydrogen (secondary N) is 1. The summed E-state index contributed by atoms with van der Waals surface area (Å²) in [4.78, 5) is 12.0. The molecule has 0 atom stereocenters. The second-order valence-electron chi connectivity index (χ2n) is 4.05. The van der Waals surface area contributed by atoms with Crippen LogP contribution in [0.25, 0.3) is 0 Å². The van der Waals surface area contributed by atoms with Crippen molar-refractivity contribution in [3.8, 4) is 5.75 Å². The molecule has 0 bridgehead atoms. The van der Waals surface area contributed by atoms with Crippen molar-refractivity contribution in [2.45, 2.75) is 0 Å². The molecule has 0 spiro atoms. The predicted molar refractivity (Wildman–Crippen MR) is 76.4 cm³/mol. The molecule has 0 fully saturated rings. The maximum atomic E-state index is 12.0. The van der Waals surface area contributed by atoms with E-state index in [1.165, 1.54) is 36.4 Å². The zero-order chi connectivity index (χ0) is 15.6. The van der Waals surface area contributed by atoms with Gasteiger partial charge in [0.1, 0.15) is 0 Å². The lowest BCUT2D eigenvalue weighted by Gasteiger charge is -2.15. The smallest absolute Gasteiger partial charge is 0.255 e. The summed E-state index contributed by atoms with van der Waals surface area (Å²) in [7, 11) is 0. The van der Waals surface area contributed by atoms with Crippen molar-refractivity contribution in [1.29, 1.82) is 0 Å². The third-order valence-corrected chi connectivity index (χ3v) is 3.17. The minimum absolute atomic E-state index is 0.0188. The second-order valence-corrected chi connectivity index (χ2v) is 4.89. The van der Waals surface area contributed by atoms with Gasteiger partial charge >= 0.3 is 0 Å². The Morgan fingerprint density at radius 1 is 1.14 bits per heavy atom. The quantitative estimate of drug-likeness (QED) is 0.753. The number of benzene rings is 2. The molecule has 0 aliphatic rings. The van der Waals surface area contributed by atoms with Crippen molar-refractivity contribution >= 4 is 40.5 Å². The first-order chi connectivity index (χ1) is 9.88. The highest BCUT2D eigenvalue weighted by Gasteiger charge is 2.11. The van der Waals surface area contributed by atoms with Crippen LogP contribution < -0.4 is 15.6 Å². The average molecular weight is 328 g/mol. The van der Waals surface area contributed by atoms with Gasteiger partial charge in [0.2, 0.25) is 0 Å². The van der Waals surface area contributed by atoms with Crippen LogP contribution in [-0.4, -0.2) is 16.3 Å². The SMILES string of the molecule is O=C(Nc1ccc(N(O)O)cc1Cl)c1cc(Cl)ccc1[O-]. The van der Waals surface area contributed by atoms with Crippen molar-refractivity contribution in [2.24, 2.45) is 0 Å². The Hall–Kier alpha value is -1.99. The third kappa shape index (κ3) is 3.56. The van der Waals surface area contributed by atoms with Gasteiger partial charge in [-0.05, 0) is 30.3 Å². The van der Waals surface area contributed by atoms with Crippen molar-refractivity contribution in [3.05, 3.63) is 52.0 Å². The highest BCUT2D eigenvalue weighted by atomic mass is 35.5. The molecule has 0 saturated heterocycles. The van der Waals surface area contributed by atoms with Crippen molar-refractivity contribution in [2.75, 3.05) is 10.5 Å². The topological polar surface area (TPSA) is 95.9 Å². The Balaban J connectivity index is 2.25. The van der Waals surface area contributed by atoms with Gasteiger partial charge in [-0.15, -0.1) is 5.23 Å². The number of halogens is 2. The first kappa shape index (κ1) is 15.4. The largest absolute Gasteiger partial charge is 0.872 e. The fraction of sp³-hybridized carbons (Fsp3) is 0. The zero-order valence-corrected chi connectivity index (χ0v) is 11.9. The molecule has 2 rings (SSSR count). The molecule has 0 aliphatic carbocycles. The molecule has 0 heterocycles. The van der Waals surface area contributed by atoms with E-state index in [2.05, 4.69) is 5.32 Å². The van der Waals surface area contributed by atoms with E-state index in [9.17, 15) is 9.90 Å². The molecule has 8 heteroatoms. The Kier molecular flexibility index (Phi) is 4.54. The third-order valence-electron chi connectivity index (χ3n) is 2.62. The number of amides is 1. The molecule has 3 N–H and O–H groups in total. The molecular formula is C13H9Cl2N2O4-. The average Bonchev–Trinajstić information content (AvgIpc) is 2.43. The van der Waals surface area contributed by atoms with Crippen molar-refractivity contribution < 1.29 is 20.3 Å². The first-order valence-corrected chi connectivity index (χ1v) is 6.39. The fourth-order valence-electron chi connectivity index (χ4n) is 1.60. The highest BCUT2D eigenvalue weighted by molar-refractivity contribution is 6.34. The van der Waals surface area contributed by atoms with E-state index in [1.807, 2.05) is 0 Å². The van der Waals surface area contributed by atoms with Crippen LogP contribution in [0.4, 0.5) is 11.4 Å². The summed E-state index contributed by atoms with van der Waals surface area (Å²) in [6.07, 6.45) is 0. The van der Waals surface area contributed by atoms with E-state index in [0.29, 0.717) is 0 Å². The summed E-state index contributed by atoms with van der Waals surface area (Å²) in [6.45, 7) is 0. The molecule has 0 aliphatic heterocycles. The van der Waals surface area contributed by atoms with Crippen LogP contribution in [0.3, 0.4) is 0 Å². The summed E-state index contributed by atoms with van der Waals surface area (Å²) in [6, 6.07) is 7.75. The Morgan fingerprint density at radius 2 is 1.86 bits per heavy atom. The fourth-order valence-corrected chi connectivity index (χ4v) is 1.99. The summed E-state index contributed by atoms with van der Waals surface area (Å²) >= 11 is 11.7. The van der Waals surface area contributed by atoms with Crippen LogP contribution in [0.1, 0.15) is 10.4 Å². The van der Waals surface area contributed by atoms with Crippen LogP contribution in [0.15, 0.2) is 36.4 Å². The monoisotopic (exact) mass is 327 g/mol. The second kappa shape index (κ2) is 6.19. The van der Waals surface area contributed by atoms with Gasteiger partial charge in [-0.1, -0.05) is 35.0 Å². The van der Waals surface area contributed by atoms with Gasteiger partial charge in [0.05, 0.1) is 16.4 Å². The Morgan fingerprint density at radius 3 is 2.48 bits per heavy atom.